The lowest BCUT2D eigenvalue weighted by Crippen LogP contribution is -2.40. The Hall–Kier alpha value is -2.48. The zero-order chi connectivity index (χ0) is 16.1. The maximum atomic E-state index is 12.1. The summed E-state index contributed by atoms with van der Waals surface area (Å²) in [6.07, 6.45) is 4.73. The van der Waals surface area contributed by atoms with Crippen LogP contribution in [0.3, 0.4) is 0 Å². The molecule has 1 unspecified atom stereocenters. The van der Waals surface area contributed by atoms with E-state index in [-0.39, 0.29) is 12.3 Å². The molecule has 2 aromatic rings. The summed E-state index contributed by atoms with van der Waals surface area (Å²) in [7, 11) is 0. The SMILES string of the molecule is CCCC(NC(=O)c1cc2ncc(CCO)cn2n1)C(=O)O. The highest BCUT2D eigenvalue weighted by atomic mass is 16.4. The molecule has 0 aliphatic rings. The van der Waals surface area contributed by atoms with Crippen molar-refractivity contribution in [2.75, 3.05) is 6.61 Å². The average Bonchev–Trinajstić information content (AvgIpc) is 2.90. The van der Waals surface area contributed by atoms with Crippen LogP contribution in [0.25, 0.3) is 5.65 Å². The number of fused-ring (bicyclic) bond motifs is 1. The number of aromatic nitrogens is 3. The van der Waals surface area contributed by atoms with Crippen molar-refractivity contribution in [2.24, 2.45) is 0 Å². The molecule has 0 aliphatic carbocycles. The number of carbonyl (C=O) groups excluding carboxylic acids is 1. The molecule has 22 heavy (non-hydrogen) atoms. The Morgan fingerprint density at radius 2 is 2.23 bits per heavy atom. The zero-order valence-corrected chi connectivity index (χ0v) is 12.2. The van der Waals surface area contributed by atoms with Gasteiger partial charge < -0.3 is 15.5 Å². The molecule has 0 radical (unpaired) electrons. The van der Waals surface area contributed by atoms with E-state index < -0.39 is 17.9 Å². The van der Waals surface area contributed by atoms with Gasteiger partial charge in [-0.2, -0.15) is 5.10 Å². The molecular formula is C14H18N4O4. The molecule has 118 valence electrons. The molecule has 1 amide bonds. The molecule has 0 saturated heterocycles. The number of aliphatic hydroxyl groups excluding tert-OH is 1. The van der Waals surface area contributed by atoms with Crippen LogP contribution >= 0.6 is 0 Å². The van der Waals surface area contributed by atoms with Gasteiger partial charge in [0.05, 0.1) is 0 Å². The van der Waals surface area contributed by atoms with Gasteiger partial charge in [0.25, 0.3) is 5.91 Å². The summed E-state index contributed by atoms with van der Waals surface area (Å²) < 4.78 is 1.44. The fraction of sp³-hybridized carbons (Fsp3) is 0.429. The molecule has 8 heteroatoms. The Bertz CT molecular complexity index is 683. The fourth-order valence-corrected chi connectivity index (χ4v) is 2.06. The molecule has 3 N–H and O–H groups in total. The van der Waals surface area contributed by atoms with Crippen LogP contribution in [0.1, 0.15) is 35.8 Å². The van der Waals surface area contributed by atoms with Crippen molar-refractivity contribution in [3.63, 3.8) is 0 Å². The highest BCUT2D eigenvalue weighted by Crippen LogP contribution is 2.07. The Balaban J connectivity index is 2.19. The van der Waals surface area contributed by atoms with Gasteiger partial charge in [-0.1, -0.05) is 13.3 Å². The molecule has 2 heterocycles. The van der Waals surface area contributed by atoms with E-state index in [1.54, 1.807) is 12.4 Å². The van der Waals surface area contributed by atoms with Crippen LogP contribution in [0.15, 0.2) is 18.5 Å². The first-order valence-corrected chi connectivity index (χ1v) is 7.04. The average molecular weight is 306 g/mol. The van der Waals surface area contributed by atoms with E-state index in [0.717, 1.165) is 5.56 Å². The van der Waals surface area contributed by atoms with Gasteiger partial charge in [0.15, 0.2) is 11.3 Å². The maximum absolute atomic E-state index is 12.1. The van der Waals surface area contributed by atoms with Gasteiger partial charge in [-0.15, -0.1) is 0 Å². The van der Waals surface area contributed by atoms with Gasteiger partial charge in [-0.25, -0.2) is 14.3 Å². The molecule has 8 nitrogen and oxygen atoms in total. The van der Waals surface area contributed by atoms with E-state index in [4.69, 9.17) is 10.2 Å². The van der Waals surface area contributed by atoms with Crippen molar-refractivity contribution < 1.29 is 19.8 Å². The Morgan fingerprint density at radius 3 is 2.86 bits per heavy atom. The van der Waals surface area contributed by atoms with Crippen LogP contribution in [-0.4, -0.2) is 49.3 Å². The van der Waals surface area contributed by atoms with Crippen LogP contribution in [0.4, 0.5) is 0 Å². The molecule has 0 saturated carbocycles. The lowest BCUT2D eigenvalue weighted by Gasteiger charge is -2.11. The van der Waals surface area contributed by atoms with Crippen LogP contribution in [0, 0.1) is 0 Å². The number of nitrogens with zero attached hydrogens (tertiary/aromatic N) is 3. The fourth-order valence-electron chi connectivity index (χ4n) is 2.06. The molecule has 0 aromatic carbocycles. The molecule has 0 spiro atoms. The van der Waals surface area contributed by atoms with Crippen molar-refractivity contribution in [3.8, 4) is 0 Å². The highest BCUT2D eigenvalue weighted by molar-refractivity contribution is 5.95. The first-order chi connectivity index (χ1) is 10.5. The number of carboxylic acid groups (broad SMARTS) is 1. The van der Waals surface area contributed by atoms with Crippen molar-refractivity contribution in [2.45, 2.75) is 32.2 Å². The van der Waals surface area contributed by atoms with Crippen molar-refractivity contribution in [3.05, 3.63) is 29.7 Å². The van der Waals surface area contributed by atoms with Gasteiger partial charge in [0.1, 0.15) is 6.04 Å². The maximum Gasteiger partial charge on any atom is 0.326 e. The molecule has 0 fully saturated rings. The first kappa shape index (κ1) is 15.9. The molecule has 0 aliphatic heterocycles. The highest BCUT2D eigenvalue weighted by Gasteiger charge is 2.21. The van der Waals surface area contributed by atoms with Crippen molar-refractivity contribution >= 4 is 17.5 Å². The number of nitrogens with one attached hydrogen (secondary N) is 1. The van der Waals surface area contributed by atoms with Gasteiger partial charge in [-0.05, 0) is 18.4 Å². The molecule has 1 atom stereocenters. The normalized spacial score (nSPS) is 12.3. The van der Waals surface area contributed by atoms with E-state index in [1.807, 2.05) is 6.92 Å². The molecule has 2 rings (SSSR count). The minimum absolute atomic E-state index is 0.000885. The zero-order valence-electron chi connectivity index (χ0n) is 12.2. The smallest absolute Gasteiger partial charge is 0.326 e. The summed E-state index contributed by atoms with van der Waals surface area (Å²) in [5.74, 6) is -1.61. The van der Waals surface area contributed by atoms with Crippen molar-refractivity contribution in [1.29, 1.82) is 0 Å². The summed E-state index contributed by atoms with van der Waals surface area (Å²) in [5, 5.41) is 24.5. The monoisotopic (exact) mass is 306 g/mol. The number of amides is 1. The van der Waals surface area contributed by atoms with Crippen LogP contribution in [-0.2, 0) is 11.2 Å². The summed E-state index contributed by atoms with van der Waals surface area (Å²) in [6.45, 7) is 1.85. The molecular weight excluding hydrogens is 288 g/mol. The van der Waals surface area contributed by atoms with Crippen LogP contribution in [0.2, 0.25) is 0 Å². The topological polar surface area (TPSA) is 117 Å². The van der Waals surface area contributed by atoms with Crippen LogP contribution < -0.4 is 5.32 Å². The quantitative estimate of drug-likeness (QED) is 0.675. The van der Waals surface area contributed by atoms with Gasteiger partial charge in [0.2, 0.25) is 0 Å². The third kappa shape index (κ3) is 3.59. The minimum Gasteiger partial charge on any atom is -0.480 e. The second-order valence-corrected chi connectivity index (χ2v) is 4.92. The summed E-state index contributed by atoms with van der Waals surface area (Å²) >= 11 is 0. The molecule has 2 aromatic heterocycles. The predicted molar refractivity (Wildman–Crippen MR) is 77.6 cm³/mol. The summed E-state index contributed by atoms with van der Waals surface area (Å²) in [4.78, 5) is 27.3. The number of aliphatic hydroxyl groups is 1. The number of aliphatic carboxylic acids is 1. The number of hydrogen-bond acceptors (Lipinski definition) is 5. The third-order valence-electron chi connectivity index (χ3n) is 3.18. The number of carbonyl (C=O) groups is 2. The van der Waals surface area contributed by atoms with Gasteiger partial charge in [-0.3, -0.25) is 4.79 Å². The Labute approximate surface area is 126 Å². The van der Waals surface area contributed by atoms with E-state index in [0.29, 0.717) is 24.9 Å². The van der Waals surface area contributed by atoms with E-state index >= 15 is 0 Å². The minimum atomic E-state index is -1.07. The summed E-state index contributed by atoms with van der Waals surface area (Å²) in [6, 6.07) is 0.559. The number of rotatable bonds is 7. The van der Waals surface area contributed by atoms with Crippen LogP contribution in [0.5, 0.6) is 0 Å². The second-order valence-electron chi connectivity index (χ2n) is 4.92. The largest absolute Gasteiger partial charge is 0.480 e. The van der Waals surface area contributed by atoms with E-state index in [2.05, 4.69) is 15.4 Å². The third-order valence-corrected chi connectivity index (χ3v) is 3.18. The second kappa shape index (κ2) is 6.99. The number of hydrogen-bond donors (Lipinski definition) is 3. The predicted octanol–water partition coefficient (Wildman–Crippen LogP) is 0.247. The van der Waals surface area contributed by atoms with Gasteiger partial charge in [0, 0.05) is 25.1 Å². The Kier molecular flexibility index (Phi) is 5.05. The van der Waals surface area contributed by atoms with E-state index in [1.165, 1.54) is 10.6 Å². The molecule has 0 bridgehead atoms. The lowest BCUT2D eigenvalue weighted by molar-refractivity contribution is -0.139. The van der Waals surface area contributed by atoms with Crippen molar-refractivity contribution in [1.82, 2.24) is 19.9 Å². The first-order valence-electron chi connectivity index (χ1n) is 7.04. The summed E-state index contributed by atoms with van der Waals surface area (Å²) in [5.41, 5.74) is 1.38. The number of carboxylic acids is 1. The lowest BCUT2D eigenvalue weighted by atomic mass is 10.1. The van der Waals surface area contributed by atoms with E-state index in [9.17, 15) is 9.59 Å². The Morgan fingerprint density at radius 1 is 1.45 bits per heavy atom. The van der Waals surface area contributed by atoms with Gasteiger partial charge >= 0.3 is 5.97 Å². The standard InChI is InChI=1S/C14H18N4O4/c1-2-3-10(14(21)22)16-13(20)11-6-12-15-7-9(4-5-19)8-18(12)17-11/h6-8,10,19H,2-5H2,1H3,(H,16,20)(H,21,22).